The van der Waals surface area contributed by atoms with Crippen LogP contribution in [0.5, 0.6) is 0 Å². The summed E-state index contributed by atoms with van der Waals surface area (Å²) in [5.74, 6) is 0. The predicted molar refractivity (Wildman–Crippen MR) is 32.7 cm³/mol. The van der Waals surface area contributed by atoms with Crippen molar-refractivity contribution in [1.82, 2.24) is 0 Å². The van der Waals surface area contributed by atoms with Gasteiger partial charge in [-0.25, -0.2) is 0 Å². The SMILES string of the molecule is [N-]=[N+]=NCCC(N)C(=O)[I-]F. The molecule has 0 amide bonds. The van der Waals surface area contributed by atoms with Crippen LogP contribution in [0.4, 0.5) is 2.86 Å². The first-order valence-corrected chi connectivity index (χ1v) is 4.68. The van der Waals surface area contributed by atoms with Crippen molar-refractivity contribution in [3.05, 3.63) is 10.4 Å². The van der Waals surface area contributed by atoms with Gasteiger partial charge in [-0.15, -0.1) is 0 Å². The van der Waals surface area contributed by atoms with Gasteiger partial charge in [0.1, 0.15) is 0 Å². The van der Waals surface area contributed by atoms with Crippen LogP contribution >= 0.6 is 0 Å². The van der Waals surface area contributed by atoms with E-state index in [0.29, 0.717) is 0 Å². The van der Waals surface area contributed by atoms with Crippen LogP contribution in [0, 0.1) is 0 Å². The summed E-state index contributed by atoms with van der Waals surface area (Å²) >= 11 is -1.92. The van der Waals surface area contributed by atoms with Gasteiger partial charge in [-0.2, -0.15) is 0 Å². The van der Waals surface area contributed by atoms with Crippen molar-refractivity contribution in [1.29, 1.82) is 0 Å². The van der Waals surface area contributed by atoms with E-state index in [2.05, 4.69) is 10.0 Å². The first-order valence-electron chi connectivity index (χ1n) is 2.78. The average molecular weight is 273 g/mol. The summed E-state index contributed by atoms with van der Waals surface area (Å²) in [5, 5.41) is 3.17. The van der Waals surface area contributed by atoms with Gasteiger partial charge in [-0.1, -0.05) is 0 Å². The second-order valence-electron chi connectivity index (χ2n) is 1.73. The summed E-state index contributed by atoms with van der Waals surface area (Å²) in [4.78, 5) is 13.0. The van der Waals surface area contributed by atoms with Gasteiger partial charge >= 0.3 is 73.5 Å². The van der Waals surface area contributed by atoms with Crippen LogP contribution in [0.25, 0.3) is 10.4 Å². The van der Waals surface area contributed by atoms with Gasteiger partial charge in [-0.05, 0) is 0 Å². The summed E-state index contributed by atoms with van der Waals surface area (Å²) < 4.78 is 11.2. The van der Waals surface area contributed by atoms with Gasteiger partial charge in [0.2, 0.25) is 0 Å². The molecule has 0 aromatic rings. The molecule has 0 fully saturated rings. The molecule has 5 nitrogen and oxygen atoms in total. The van der Waals surface area contributed by atoms with E-state index in [1.165, 1.54) is 0 Å². The Bertz CT molecular complexity index is 181. The van der Waals surface area contributed by atoms with Crippen LogP contribution in [0.3, 0.4) is 0 Å². The normalized spacial score (nSPS) is 12.2. The molecule has 11 heavy (non-hydrogen) atoms. The second kappa shape index (κ2) is 6.32. The Morgan fingerprint density at radius 1 is 1.91 bits per heavy atom. The quantitative estimate of drug-likeness (QED) is 0.197. The first kappa shape index (κ1) is 10.6. The second-order valence-corrected chi connectivity index (χ2v) is 3.20. The van der Waals surface area contributed by atoms with Crippen LogP contribution in [-0.4, -0.2) is 16.4 Å². The fourth-order valence-corrected chi connectivity index (χ4v) is 1.02. The standard InChI is InChI=1S/C4H7FIN4O/c5-6-4(11)3(7)1-2-9-10-8/h3H,1-2,7H2/q-1. The van der Waals surface area contributed by atoms with Gasteiger partial charge in [0.25, 0.3) is 0 Å². The van der Waals surface area contributed by atoms with Gasteiger partial charge in [0.05, 0.1) is 0 Å². The molecule has 0 bridgehead atoms. The maximum absolute atomic E-state index is 11.7. The molecular weight excluding hydrogens is 266 g/mol. The molecule has 0 spiro atoms. The summed E-state index contributed by atoms with van der Waals surface area (Å²) in [6, 6.07) is -0.793. The minimum atomic E-state index is -1.92. The zero-order valence-electron chi connectivity index (χ0n) is 5.57. The van der Waals surface area contributed by atoms with Crippen molar-refractivity contribution in [3.8, 4) is 0 Å². The molecule has 0 saturated carbocycles. The molecule has 2 N–H and O–H groups in total. The van der Waals surface area contributed by atoms with Gasteiger partial charge < -0.3 is 0 Å². The van der Waals surface area contributed by atoms with E-state index in [0.717, 1.165) is 0 Å². The van der Waals surface area contributed by atoms with E-state index >= 15 is 0 Å². The molecule has 0 aliphatic carbocycles. The van der Waals surface area contributed by atoms with Crippen LogP contribution in [0.15, 0.2) is 5.11 Å². The van der Waals surface area contributed by atoms with Crippen LogP contribution < -0.4 is 27.5 Å². The third-order valence-electron chi connectivity index (χ3n) is 0.965. The Balaban J connectivity index is 3.59. The van der Waals surface area contributed by atoms with Gasteiger partial charge in [0, 0.05) is 0 Å². The predicted octanol–water partition coefficient (Wildman–Crippen LogP) is -2.49. The van der Waals surface area contributed by atoms with Crippen LogP contribution in [-0.2, 0) is 4.79 Å². The number of rotatable bonds is 5. The van der Waals surface area contributed by atoms with Crippen molar-refractivity contribution < 1.29 is 29.4 Å². The third-order valence-corrected chi connectivity index (χ3v) is 2.17. The summed E-state index contributed by atoms with van der Waals surface area (Å²) in [6.07, 6.45) is 0.229. The molecule has 0 aliphatic rings. The molecule has 0 aromatic heterocycles. The number of nitrogens with zero attached hydrogens (tertiary/aromatic N) is 3. The Labute approximate surface area is 73.8 Å². The van der Waals surface area contributed by atoms with Gasteiger partial charge in [0.15, 0.2) is 0 Å². The van der Waals surface area contributed by atoms with Crippen molar-refractivity contribution in [2.75, 3.05) is 6.54 Å². The summed E-state index contributed by atoms with van der Waals surface area (Å²) in [5.41, 5.74) is 13.1. The molecule has 0 saturated heterocycles. The van der Waals surface area contributed by atoms with E-state index in [-0.39, 0.29) is 13.0 Å². The van der Waals surface area contributed by atoms with Crippen LogP contribution in [0.2, 0.25) is 0 Å². The van der Waals surface area contributed by atoms with Crippen molar-refractivity contribution in [2.24, 2.45) is 10.8 Å². The molecule has 7 heteroatoms. The average Bonchev–Trinajstić information content (AvgIpc) is 2.03. The zero-order valence-corrected chi connectivity index (χ0v) is 7.73. The minimum absolute atomic E-state index is 0.146. The summed E-state index contributed by atoms with van der Waals surface area (Å²) in [6.45, 7) is 0.146. The van der Waals surface area contributed by atoms with E-state index in [9.17, 15) is 7.65 Å². The topological polar surface area (TPSA) is 91.8 Å². The van der Waals surface area contributed by atoms with E-state index in [4.69, 9.17) is 11.3 Å². The Kier molecular flexibility index (Phi) is 6.09. The van der Waals surface area contributed by atoms with E-state index in [1.54, 1.807) is 0 Å². The van der Waals surface area contributed by atoms with Crippen molar-refractivity contribution >= 4 is 3.79 Å². The number of nitrogens with two attached hydrogens (primary N) is 1. The fraction of sp³-hybridized carbons (Fsp3) is 0.750. The van der Waals surface area contributed by atoms with Gasteiger partial charge in [-0.3, -0.25) is 0 Å². The fourth-order valence-electron chi connectivity index (χ4n) is 0.408. The monoisotopic (exact) mass is 273 g/mol. The summed E-state index contributed by atoms with van der Waals surface area (Å²) in [7, 11) is 0. The zero-order chi connectivity index (χ0) is 8.69. The molecule has 0 heterocycles. The van der Waals surface area contributed by atoms with Crippen molar-refractivity contribution in [3.63, 3.8) is 0 Å². The Morgan fingerprint density at radius 3 is 3.00 bits per heavy atom. The number of hydrogen-bond donors (Lipinski definition) is 1. The molecule has 64 valence electrons. The van der Waals surface area contributed by atoms with E-state index < -0.39 is 31.6 Å². The molecule has 0 radical (unpaired) electrons. The van der Waals surface area contributed by atoms with E-state index in [1.807, 2.05) is 0 Å². The number of hydrogen-bond acceptors (Lipinski definition) is 3. The Morgan fingerprint density at radius 2 is 2.55 bits per heavy atom. The number of carbonyl (C=O) groups excluding carboxylic acids is 1. The molecule has 0 aromatic carbocycles. The Hall–Kier alpha value is -0.400. The molecule has 0 rings (SSSR count). The molecule has 1 atom stereocenters. The maximum atomic E-state index is 11.7. The molecule has 1 unspecified atom stereocenters. The number of azide groups is 1. The van der Waals surface area contributed by atoms with Crippen LogP contribution in [0.1, 0.15) is 6.42 Å². The third kappa shape index (κ3) is 4.93. The first-order chi connectivity index (χ1) is 5.22. The van der Waals surface area contributed by atoms with Crippen molar-refractivity contribution in [2.45, 2.75) is 12.5 Å². The molecular formula is C4H7FIN4O-. The molecule has 0 aliphatic heterocycles. The number of halogens is 2. The number of carbonyl (C=O) groups is 1.